The summed E-state index contributed by atoms with van der Waals surface area (Å²) in [7, 11) is 1.93. The fraction of sp³-hybridized carbons (Fsp3) is 0.762. The van der Waals surface area contributed by atoms with Gasteiger partial charge in [0.25, 0.3) is 0 Å². The van der Waals surface area contributed by atoms with Crippen LogP contribution in [0.25, 0.3) is 0 Å². The Labute approximate surface area is 168 Å². The Bertz CT molecular complexity index is 686. The molecule has 1 aromatic rings. The highest BCUT2D eigenvalue weighted by Gasteiger charge is 2.30. The van der Waals surface area contributed by atoms with Gasteiger partial charge in [-0.25, -0.2) is 4.79 Å². The van der Waals surface area contributed by atoms with E-state index in [1.54, 1.807) is 4.90 Å². The van der Waals surface area contributed by atoms with E-state index in [1.165, 1.54) is 5.56 Å². The van der Waals surface area contributed by atoms with Crippen molar-refractivity contribution in [3.05, 3.63) is 18.0 Å². The normalized spacial score (nSPS) is 21.6. The maximum atomic E-state index is 12.9. The van der Waals surface area contributed by atoms with Crippen LogP contribution in [0.5, 0.6) is 0 Å². The minimum absolute atomic E-state index is 0.243. The first-order valence-corrected chi connectivity index (χ1v) is 10.5. The van der Waals surface area contributed by atoms with E-state index in [-0.39, 0.29) is 12.0 Å². The fourth-order valence-electron chi connectivity index (χ4n) is 4.15. The highest BCUT2D eigenvalue weighted by Crippen LogP contribution is 2.28. The second kappa shape index (κ2) is 8.53. The molecule has 7 heteroatoms. The van der Waals surface area contributed by atoms with Gasteiger partial charge < -0.3 is 14.5 Å². The minimum Gasteiger partial charge on any atom is -0.444 e. The summed E-state index contributed by atoms with van der Waals surface area (Å²) in [4.78, 5) is 28.8. The van der Waals surface area contributed by atoms with Crippen LogP contribution >= 0.6 is 0 Å². The first kappa shape index (κ1) is 20.7. The number of likely N-dealkylation sites (tertiary alicyclic amines) is 2. The SMILES string of the molecule is Cn1cc(C2CCCN(C(=O)CC3CCN(C(=O)OC(C)(C)C)CC3)C2)cn1. The number of ether oxygens (including phenoxy) is 1. The van der Waals surface area contributed by atoms with Gasteiger partial charge in [-0.1, -0.05) is 0 Å². The number of carbonyl (C=O) groups excluding carboxylic acids is 2. The summed E-state index contributed by atoms with van der Waals surface area (Å²) >= 11 is 0. The smallest absolute Gasteiger partial charge is 0.410 e. The Balaban J connectivity index is 1.46. The van der Waals surface area contributed by atoms with Crippen LogP contribution in [0.3, 0.4) is 0 Å². The zero-order valence-corrected chi connectivity index (χ0v) is 17.7. The molecule has 2 saturated heterocycles. The van der Waals surface area contributed by atoms with Crippen LogP contribution in [0.1, 0.15) is 64.4 Å². The average molecular weight is 391 g/mol. The molecule has 1 atom stereocenters. The van der Waals surface area contributed by atoms with Crippen LogP contribution in [0, 0.1) is 5.92 Å². The number of aromatic nitrogens is 2. The highest BCUT2D eigenvalue weighted by atomic mass is 16.6. The van der Waals surface area contributed by atoms with Gasteiger partial charge in [0.05, 0.1) is 6.20 Å². The van der Waals surface area contributed by atoms with E-state index in [0.717, 1.165) is 38.8 Å². The number of amides is 2. The lowest BCUT2D eigenvalue weighted by Gasteiger charge is -2.36. The molecule has 2 aliphatic rings. The van der Waals surface area contributed by atoms with E-state index >= 15 is 0 Å². The second-order valence-electron chi connectivity index (χ2n) is 9.24. The van der Waals surface area contributed by atoms with Gasteiger partial charge in [-0.15, -0.1) is 0 Å². The largest absolute Gasteiger partial charge is 0.444 e. The molecule has 0 bridgehead atoms. The third-order valence-electron chi connectivity index (χ3n) is 5.70. The lowest BCUT2D eigenvalue weighted by atomic mass is 9.90. The van der Waals surface area contributed by atoms with Gasteiger partial charge in [0.15, 0.2) is 0 Å². The zero-order chi connectivity index (χ0) is 20.3. The second-order valence-corrected chi connectivity index (χ2v) is 9.24. The van der Waals surface area contributed by atoms with Crippen LogP contribution in [-0.4, -0.2) is 63.4 Å². The molecule has 0 aromatic carbocycles. The molecule has 0 saturated carbocycles. The molecular weight excluding hydrogens is 356 g/mol. The predicted molar refractivity (Wildman–Crippen MR) is 107 cm³/mol. The molecule has 0 N–H and O–H groups in total. The van der Waals surface area contributed by atoms with Crippen LogP contribution in [-0.2, 0) is 16.6 Å². The summed E-state index contributed by atoms with van der Waals surface area (Å²) in [6.45, 7) is 8.64. The number of aryl methyl sites for hydroxylation is 1. The van der Waals surface area contributed by atoms with Gasteiger partial charge in [0, 0.05) is 51.8 Å². The van der Waals surface area contributed by atoms with E-state index in [4.69, 9.17) is 4.74 Å². The Morgan fingerprint density at radius 1 is 1.14 bits per heavy atom. The van der Waals surface area contributed by atoms with Crippen LogP contribution in [0.2, 0.25) is 0 Å². The third-order valence-corrected chi connectivity index (χ3v) is 5.70. The van der Waals surface area contributed by atoms with E-state index < -0.39 is 5.60 Å². The minimum atomic E-state index is -0.469. The molecule has 2 aliphatic heterocycles. The maximum Gasteiger partial charge on any atom is 0.410 e. The van der Waals surface area contributed by atoms with Crippen LogP contribution in [0.15, 0.2) is 12.4 Å². The third kappa shape index (κ3) is 5.49. The van der Waals surface area contributed by atoms with Crippen molar-refractivity contribution in [2.75, 3.05) is 26.2 Å². The fourth-order valence-corrected chi connectivity index (χ4v) is 4.15. The molecule has 1 unspecified atom stereocenters. The zero-order valence-electron chi connectivity index (χ0n) is 17.7. The first-order valence-electron chi connectivity index (χ1n) is 10.5. The van der Waals surface area contributed by atoms with Gasteiger partial charge in [-0.2, -0.15) is 5.10 Å². The maximum absolute atomic E-state index is 12.9. The number of nitrogens with zero attached hydrogens (tertiary/aromatic N) is 4. The van der Waals surface area contributed by atoms with Crippen molar-refractivity contribution < 1.29 is 14.3 Å². The standard InChI is InChI=1S/C21H34N4O3/c1-21(2,3)28-20(27)24-10-7-16(8-11-24)12-19(26)25-9-5-6-17(15-25)18-13-22-23(4)14-18/h13-14,16-17H,5-12,15H2,1-4H3. The quantitative estimate of drug-likeness (QED) is 0.795. The number of rotatable bonds is 3. The molecule has 2 amide bonds. The summed E-state index contributed by atoms with van der Waals surface area (Å²) in [6, 6.07) is 0. The van der Waals surface area contributed by atoms with E-state index in [0.29, 0.717) is 31.3 Å². The Hall–Kier alpha value is -2.05. The molecular formula is C21H34N4O3. The van der Waals surface area contributed by atoms with Crippen molar-refractivity contribution in [3.63, 3.8) is 0 Å². The van der Waals surface area contributed by atoms with E-state index in [9.17, 15) is 9.59 Å². The summed E-state index contributed by atoms with van der Waals surface area (Å²) in [5.41, 5.74) is 0.758. The molecule has 1 aromatic heterocycles. The van der Waals surface area contributed by atoms with Gasteiger partial charge >= 0.3 is 6.09 Å². The summed E-state index contributed by atoms with van der Waals surface area (Å²) < 4.78 is 7.28. The van der Waals surface area contributed by atoms with Crippen molar-refractivity contribution in [2.24, 2.45) is 13.0 Å². The molecule has 0 aliphatic carbocycles. The average Bonchev–Trinajstić information content (AvgIpc) is 3.07. The summed E-state index contributed by atoms with van der Waals surface area (Å²) in [5, 5.41) is 4.27. The predicted octanol–water partition coefficient (Wildman–Crippen LogP) is 3.16. The van der Waals surface area contributed by atoms with Gasteiger partial charge in [-0.05, 0) is 57.9 Å². The molecule has 0 radical (unpaired) electrons. The van der Waals surface area contributed by atoms with E-state index in [1.807, 2.05) is 43.6 Å². The molecule has 156 valence electrons. The van der Waals surface area contributed by atoms with Gasteiger partial charge in [-0.3, -0.25) is 9.48 Å². The number of carbonyl (C=O) groups is 2. The Morgan fingerprint density at radius 2 is 1.86 bits per heavy atom. The first-order chi connectivity index (χ1) is 13.2. The summed E-state index contributed by atoms with van der Waals surface area (Å²) in [6.07, 6.45) is 8.22. The monoisotopic (exact) mass is 390 g/mol. The lowest BCUT2D eigenvalue weighted by molar-refractivity contribution is -0.133. The van der Waals surface area contributed by atoms with Crippen molar-refractivity contribution in [1.82, 2.24) is 19.6 Å². The molecule has 2 fully saturated rings. The van der Waals surface area contributed by atoms with E-state index in [2.05, 4.69) is 11.3 Å². The number of piperidine rings is 2. The molecule has 3 heterocycles. The lowest BCUT2D eigenvalue weighted by Crippen LogP contribution is -2.43. The van der Waals surface area contributed by atoms with Crippen molar-refractivity contribution in [2.45, 2.75) is 64.4 Å². The van der Waals surface area contributed by atoms with Crippen LogP contribution < -0.4 is 0 Å². The highest BCUT2D eigenvalue weighted by molar-refractivity contribution is 5.76. The molecule has 7 nitrogen and oxygen atoms in total. The van der Waals surface area contributed by atoms with Gasteiger partial charge in [0.1, 0.15) is 5.60 Å². The van der Waals surface area contributed by atoms with Gasteiger partial charge in [0.2, 0.25) is 5.91 Å². The van der Waals surface area contributed by atoms with Crippen molar-refractivity contribution in [3.8, 4) is 0 Å². The van der Waals surface area contributed by atoms with Crippen molar-refractivity contribution >= 4 is 12.0 Å². The Kier molecular flexibility index (Phi) is 6.30. The van der Waals surface area contributed by atoms with Crippen molar-refractivity contribution in [1.29, 1.82) is 0 Å². The molecule has 28 heavy (non-hydrogen) atoms. The molecule has 3 rings (SSSR count). The summed E-state index contributed by atoms with van der Waals surface area (Å²) in [5.74, 6) is 0.995. The van der Waals surface area contributed by atoms with Crippen LogP contribution in [0.4, 0.5) is 4.79 Å². The molecule has 0 spiro atoms. The number of hydrogen-bond acceptors (Lipinski definition) is 4. The topological polar surface area (TPSA) is 67.7 Å². The Morgan fingerprint density at radius 3 is 2.46 bits per heavy atom. The number of hydrogen-bond donors (Lipinski definition) is 0.